The van der Waals surface area contributed by atoms with Crippen LogP contribution in [0.2, 0.25) is 0 Å². The van der Waals surface area contributed by atoms with Crippen LogP contribution in [0.25, 0.3) is 0 Å². The molecule has 0 radical (unpaired) electrons. The van der Waals surface area contributed by atoms with Crippen molar-refractivity contribution in [2.45, 2.75) is 59.0 Å². The number of benzene rings is 1. The first-order chi connectivity index (χ1) is 9.79. The summed E-state index contributed by atoms with van der Waals surface area (Å²) in [7, 11) is 0. The number of halogens is 2. The quantitative estimate of drug-likeness (QED) is 0.668. The van der Waals surface area contributed by atoms with Gasteiger partial charge in [-0.2, -0.15) is 0 Å². The van der Waals surface area contributed by atoms with Gasteiger partial charge in [0.05, 0.1) is 8.95 Å². The third kappa shape index (κ3) is 4.46. The van der Waals surface area contributed by atoms with Gasteiger partial charge in [0.15, 0.2) is 0 Å². The van der Waals surface area contributed by atoms with Gasteiger partial charge in [-0.15, -0.1) is 0 Å². The average molecular weight is 419 g/mol. The van der Waals surface area contributed by atoms with Crippen molar-refractivity contribution in [1.29, 1.82) is 0 Å². The first kappa shape index (κ1) is 17.3. The molecule has 2 atom stereocenters. The van der Waals surface area contributed by atoms with Gasteiger partial charge in [-0.05, 0) is 73.7 Å². The molecule has 2 N–H and O–H groups in total. The molecule has 0 heterocycles. The summed E-state index contributed by atoms with van der Waals surface area (Å²) in [4.78, 5) is 0. The predicted octanol–water partition coefficient (Wildman–Crippen LogP) is 5.61. The summed E-state index contributed by atoms with van der Waals surface area (Å²) in [5, 5.41) is 13.5. The Morgan fingerprint density at radius 2 is 1.71 bits per heavy atom. The van der Waals surface area contributed by atoms with E-state index in [0.717, 1.165) is 21.4 Å². The summed E-state index contributed by atoms with van der Waals surface area (Å²) >= 11 is 6.80. The van der Waals surface area contributed by atoms with Crippen LogP contribution in [0.1, 0.15) is 52.0 Å². The van der Waals surface area contributed by atoms with E-state index in [-0.39, 0.29) is 5.75 Å². The molecule has 0 saturated heterocycles. The smallest absolute Gasteiger partial charge is 0.143 e. The number of nitrogens with one attached hydrogen (secondary N) is 1. The average Bonchev–Trinajstić information content (AvgIpc) is 2.41. The summed E-state index contributed by atoms with van der Waals surface area (Å²) in [6.45, 7) is 7.90. The SMILES string of the molecule is CC(C)(C)C1CCCCC1NCc1cc(Br)c(O)c(Br)c1. The monoisotopic (exact) mass is 417 g/mol. The van der Waals surface area contributed by atoms with Gasteiger partial charge in [-0.25, -0.2) is 0 Å². The highest BCUT2D eigenvalue weighted by Crippen LogP contribution is 2.38. The Labute approximate surface area is 145 Å². The van der Waals surface area contributed by atoms with E-state index in [1.165, 1.54) is 31.2 Å². The zero-order chi connectivity index (χ0) is 15.6. The molecule has 2 unspecified atom stereocenters. The number of phenols is 1. The van der Waals surface area contributed by atoms with Crippen molar-refractivity contribution < 1.29 is 5.11 Å². The lowest BCUT2D eigenvalue weighted by molar-refractivity contribution is 0.130. The molecule has 1 aliphatic rings. The van der Waals surface area contributed by atoms with Gasteiger partial charge in [0.25, 0.3) is 0 Å². The van der Waals surface area contributed by atoms with Crippen molar-refractivity contribution in [2.24, 2.45) is 11.3 Å². The molecule has 0 spiro atoms. The summed E-state index contributed by atoms with van der Waals surface area (Å²) in [5.41, 5.74) is 1.54. The van der Waals surface area contributed by atoms with E-state index < -0.39 is 0 Å². The lowest BCUT2D eigenvalue weighted by atomic mass is 9.69. The molecule has 1 aromatic rings. The fourth-order valence-corrected chi connectivity index (χ4v) is 4.66. The standard InChI is InChI=1S/C17H25Br2NO/c1-17(2,3)12-6-4-5-7-15(12)20-10-11-8-13(18)16(21)14(19)9-11/h8-9,12,15,20-21H,4-7,10H2,1-3H3. The maximum atomic E-state index is 9.78. The van der Waals surface area contributed by atoms with Crippen LogP contribution in [0.4, 0.5) is 0 Å². The minimum absolute atomic E-state index is 0.268. The molecule has 2 nitrogen and oxygen atoms in total. The molecule has 0 aliphatic heterocycles. The molecular weight excluding hydrogens is 394 g/mol. The molecular formula is C17H25Br2NO. The normalized spacial score (nSPS) is 23.3. The second-order valence-corrected chi connectivity index (χ2v) is 8.86. The van der Waals surface area contributed by atoms with Crippen LogP contribution in [-0.4, -0.2) is 11.1 Å². The Balaban J connectivity index is 2.04. The van der Waals surface area contributed by atoms with Gasteiger partial charge in [-0.3, -0.25) is 0 Å². The number of hydrogen-bond acceptors (Lipinski definition) is 2. The Kier molecular flexibility index (Phi) is 5.77. The zero-order valence-corrected chi connectivity index (χ0v) is 16.2. The maximum Gasteiger partial charge on any atom is 0.143 e. The zero-order valence-electron chi connectivity index (χ0n) is 13.0. The fraction of sp³-hybridized carbons (Fsp3) is 0.647. The second-order valence-electron chi connectivity index (χ2n) is 7.15. The van der Waals surface area contributed by atoms with Crippen LogP contribution in [0, 0.1) is 11.3 Å². The molecule has 0 amide bonds. The van der Waals surface area contributed by atoms with Gasteiger partial charge in [0.2, 0.25) is 0 Å². The van der Waals surface area contributed by atoms with Gasteiger partial charge >= 0.3 is 0 Å². The molecule has 21 heavy (non-hydrogen) atoms. The van der Waals surface area contributed by atoms with Crippen LogP contribution < -0.4 is 5.32 Å². The van der Waals surface area contributed by atoms with E-state index in [9.17, 15) is 5.11 Å². The van der Waals surface area contributed by atoms with Crippen LogP contribution in [-0.2, 0) is 6.54 Å². The van der Waals surface area contributed by atoms with E-state index in [4.69, 9.17) is 0 Å². The Hall–Kier alpha value is -0.0600. The molecule has 1 fully saturated rings. The van der Waals surface area contributed by atoms with E-state index in [1.807, 2.05) is 12.1 Å². The molecule has 1 aliphatic carbocycles. The molecule has 118 valence electrons. The molecule has 1 saturated carbocycles. The van der Waals surface area contributed by atoms with Crippen LogP contribution >= 0.6 is 31.9 Å². The first-order valence-corrected chi connectivity index (χ1v) is 9.28. The van der Waals surface area contributed by atoms with Crippen molar-refractivity contribution >= 4 is 31.9 Å². The molecule has 4 heteroatoms. The van der Waals surface area contributed by atoms with Crippen molar-refractivity contribution in [3.05, 3.63) is 26.6 Å². The summed E-state index contributed by atoms with van der Waals surface area (Å²) < 4.78 is 1.48. The number of phenolic OH excluding ortho intramolecular Hbond substituents is 1. The van der Waals surface area contributed by atoms with Crippen molar-refractivity contribution in [3.8, 4) is 5.75 Å². The lowest BCUT2D eigenvalue weighted by Crippen LogP contribution is -2.43. The lowest BCUT2D eigenvalue weighted by Gasteiger charge is -2.41. The second kappa shape index (κ2) is 7.01. The van der Waals surface area contributed by atoms with Crippen LogP contribution in [0.3, 0.4) is 0 Å². The Morgan fingerprint density at radius 1 is 1.14 bits per heavy atom. The highest BCUT2D eigenvalue weighted by molar-refractivity contribution is 9.11. The van der Waals surface area contributed by atoms with Crippen molar-refractivity contribution in [3.63, 3.8) is 0 Å². The van der Waals surface area contributed by atoms with Crippen LogP contribution in [0.15, 0.2) is 21.1 Å². The Morgan fingerprint density at radius 3 is 2.29 bits per heavy atom. The van der Waals surface area contributed by atoms with Gasteiger partial charge < -0.3 is 10.4 Å². The van der Waals surface area contributed by atoms with Gasteiger partial charge in [0.1, 0.15) is 5.75 Å². The largest absolute Gasteiger partial charge is 0.506 e. The van der Waals surface area contributed by atoms with E-state index in [2.05, 4.69) is 57.9 Å². The molecule has 0 bridgehead atoms. The van der Waals surface area contributed by atoms with Crippen LogP contribution in [0.5, 0.6) is 5.75 Å². The number of hydrogen-bond donors (Lipinski definition) is 2. The molecule has 1 aromatic carbocycles. The highest BCUT2D eigenvalue weighted by Gasteiger charge is 2.33. The van der Waals surface area contributed by atoms with Crippen molar-refractivity contribution in [1.82, 2.24) is 5.32 Å². The van der Waals surface area contributed by atoms with E-state index >= 15 is 0 Å². The predicted molar refractivity (Wildman–Crippen MR) is 95.5 cm³/mol. The highest BCUT2D eigenvalue weighted by atomic mass is 79.9. The maximum absolute atomic E-state index is 9.78. The third-order valence-electron chi connectivity index (χ3n) is 4.52. The summed E-state index contributed by atoms with van der Waals surface area (Å²) in [5.74, 6) is 0.999. The van der Waals surface area contributed by atoms with E-state index in [1.54, 1.807) is 0 Å². The minimum atomic E-state index is 0.268. The minimum Gasteiger partial charge on any atom is -0.506 e. The van der Waals surface area contributed by atoms with Gasteiger partial charge in [-0.1, -0.05) is 33.6 Å². The van der Waals surface area contributed by atoms with E-state index in [0.29, 0.717) is 11.5 Å². The number of aromatic hydroxyl groups is 1. The topological polar surface area (TPSA) is 32.3 Å². The Bertz CT molecular complexity index is 473. The molecule has 2 rings (SSSR count). The van der Waals surface area contributed by atoms with Crippen molar-refractivity contribution in [2.75, 3.05) is 0 Å². The molecule has 0 aromatic heterocycles. The first-order valence-electron chi connectivity index (χ1n) is 7.69. The summed E-state index contributed by atoms with van der Waals surface area (Å²) in [6.07, 6.45) is 5.27. The number of rotatable bonds is 3. The fourth-order valence-electron chi connectivity index (χ4n) is 3.38. The summed E-state index contributed by atoms with van der Waals surface area (Å²) in [6, 6.07) is 4.56. The third-order valence-corrected chi connectivity index (χ3v) is 5.73. The van der Waals surface area contributed by atoms with Gasteiger partial charge in [0, 0.05) is 12.6 Å².